The van der Waals surface area contributed by atoms with Gasteiger partial charge in [0.1, 0.15) is 22.3 Å². The van der Waals surface area contributed by atoms with Gasteiger partial charge in [-0.3, -0.25) is 4.57 Å². The highest BCUT2D eigenvalue weighted by Gasteiger charge is 2.29. The van der Waals surface area contributed by atoms with Gasteiger partial charge in [0.25, 0.3) is 0 Å². The van der Waals surface area contributed by atoms with Crippen molar-refractivity contribution in [3.05, 3.63) is 205 Å². The lowest BCUT2D eigenvalue weighted by molar-refractivity contribution is 0.665. The molecule has 300 valence electrons. The predicted molar refractivity (Wildman–Crippen MR) is 259 cm³/mol. The predicted octanol–water partition coefficient (Wildman–Crippen LogP) is 15.0. The summed E-state index contributed by atoms with van der Waals surface area (Å²) in [5.74, 6) is 1.71. The smallest absolute Gasteiger partial charge is 0.238 e. The molecule has 1 atom stereocenters. The molecule has 1 aliphatic rings. The van der Waals surface area contributed by atoms with Crippen LogP contribution in [0.1, 0.15) is 29.0 Å². The Hall–Kier alpha value is -8.35. The van der Waals surface area contributed by atoms with Gasteiger partial charge in [-0.25, -0.2) is 4.98 Å². The van der Waals surface area contributed by atoms with E-state index < -0.39 is 0 Å². The maximum Gasteiger partial charge on any atom is 0.238 e. The second kappa shape index (κ2) is 13.6. The Kier molecular flexibility index (Phi) is 7.48. The second-order valence-corrected chi connectivity index (χ2v) is 17.0. The zero-order valence-corrected chi connectivity index (χ0v) is 34.5. The summed E-state index contributed by atoms with van der Waals surface area (Å²) in [5.41, 5.74) is 13.5. The lowest BCUT2D eigenvalue weighted by Crippen LogP contribution is -2.09. The third kappa shape index (κ3) is 5.23. The van der Waals surface area contributed by atoms with Crippen LogP contribution in [0.15, 0.2) is 197 Å². The molecule has 0 aliphatic heterocycles. The third-order valence-electron chi connectivity index (χ3n) is 13.5. The SMILES string of the molecule is c1ccc2c(c1)-c1cc3ccccc3cc1CCC2c1cc2oc3ccccc3c2cc1-c1nc(-c2cccc3oc4ccccc4c23)nc(-n2c3ccccc3c3ccccc32)n1. The Balaban J connectivity index is 1.08. The monoisotopic (exact) mass is 820 g/mol. The largest absolute Gasteiger partial charge is 0.456 e. The van der Waals surface area contributed by atoms with Crippen molar-refractivity contribution in [2.75, 3.05) is 0 Å². The fraction of sp³-hybridized carbons (Fsp3) is 0.0517. The van der Waals surface area contributed by atoms with E-state index in [0.29, 0.717) is 17.6 Å². The highest BCUT2D eigenvalue weighted by molar-refractivity contribution is 6.12. The summed E-state index contributed by atoms with van der Waals surface area (Å²) in [7, 11) is 0. The highest BCUT2D eigenvalue weighted by Crippen LogP contribution is 2.47. The molecular weight excluding hydrogens is 785 g/mol. The summed E-state index contributed by atoms with van der Waals surface area (Å²) in [6, 6.07) is 66.6. The molecule has 64 heavy (non-hydrogen) atoms. The highest BCUT2D eigenvalue weighted by atomic mass is 16.3. The van der Waals surface area contributed by atoms with Crippen molar-refractivity contribution in [3.8, 4) is 39.9 Å². The Bertz CT molecular complexity index is 4010. The van der Waals surface area contributed by atoms with Crippen LogP contribution in [0, 0.1) is 0 Å². The van der Waals surface area contributed by atoms with Gasteiger partial charge < -0.3 is 8.83 Å². The summed E-state index contributed by atoms with van der Waals surface area (Å²) < 4.78 is 15.3. The minimum absolute atomic E-state index is 0.00234. The van der Waals surface area contributed by atoms with Crippen molar-refractivity contribution in [1.29, 1.82) is 0 Å². The quantitative estimate of drug-likeness (QED) is 0.177. The average molecular weight is 821 g/mol. The fourth-order valence-electron chi connectivity index (χ4n) is 10.6. The minimum Gasteiger partial charge on any atom is -0.456 e. The van der Waals surface area contributed by atoms with Gasteiger partial charge in [-0.2, -0.15) is 9.97 Å². The maximum absolute atomic E-state index is 6.69. The van der Waals surface area contributed by atoms with Crippen LogP contribution < -0.4 is 0 Å². The van der Waals surface area contributed by atoms with E-state index >= 15 is 0 Å². The van der Waals surface area contributed by atoms with Crippen LogP contribution in [0.25, 0.3) is 116 Å². The van der Waals surface area contributed by atoms with Crippen molar-refractivity contribution in [2.45, 2.75) is 18.8 Å². The van der Waals surface area contributed by atoms with Crippen LogP contribution in [0.5, 0.6) is 0 Å². The number of hydrogen-bond acceptors (Lipinski definition) is 5. The molecule has 13 aromatic rings. The van der Waals surface area contributed by atoms with E-state index in [-0.39, 0.29) is 5.92 Å². The molecule has 1 aliphatic carbocycles. The number of benzene rings is 9. The number of hydrogen-bond donors (Lipinski definition) is 0. The molecule has 0 radical (unpaired) electrons. The van der Waals surface area contributed by atoms with Gasteiger partial charge in [-0.05, 0) is 100.0 Å². The van der Waals surface area contributed by atoms with E-state index in [1.807, 2.05) is 36.4 Å². The van der Waals surface area contributed by atoms with Crippen LogP contribution in [-0.2, 0) is 6.42 Å². The van der Waals surface area contributed by atoms with Crippen molar-refractivity contribution >= 4 is 76.5 Å². The van der Waals surface area contributed by atoms with Crippen molar-refractivity contribution in [3.63, 3.8) is 0 Å². The van der Waals surface area contributed by atoms with Crippen LogP contribution >= 0.6 is 0 Å². The van der Waals surface area contributed by atoms with E-state index in [1.54, 1.807) is 0 Å². The average Bonchev–Trinajstić information content (AvgIpc) is 3.99. The van der Waals surface area contributed by atoms with Crippen molar-refractivity contribution in [2.24, 2.45) is 0 Å². The van der Waals surface area contributed by atoms with E-state index in [4.69, 9.17) is 23.8 Å². The van der Waals surface area contributed by atoms with Crippen LogP contribution in [0.2, 0.25) is 0 Å². The molecule has 14 rings (SSSR count). The zero-order valence-electron chi connectivity index (χ0n) is 34.5. The maximum atomic E-state index is 6.69. The number of fused-ring (bicyclic) bond motifs is 13. The number of aromatic nitrogens is 4. The van der Waals surface area contributed by atoms with Gasteiger partial charge in [0.2, 0.25) is 5.95 Å². The first kappa shape index (κ1) is 35.3. The molecular formula is C58H36N4O2. The first-order valence-corrected chi connectivity index (χ1v) is 21.9. The van der Waals surface area contributed by atoms with Gasteiger partial charge in [0.05, 0.1) is 11.0 Å². The molecule has 4 heterocycles. The number of aryl methyl sites for hydroxylation is 1. The van der Waals surface area contributed by atoms with Gasteiger partial charge in [-0.15, -0.1) is 0 Å². The number of furan rings is 2. The molecule has 6 nitrogen and oxygen atoms in total. The normalized spacial score (nSPS) is 14.0. The van der Waals surface area contributed by atoms with E-state index in [2.05, 4.69) is 156 Å². The van der Waals surface area contributed by atoms with Gasteiger partial charge >= 0.3 is 0 Å². The van der Waals surface area contributed by atoms with E-state index in [9.17, 15) is 0 Å². The van der Waals surface area contributed by atoms with Crippen molar-refractivity contribution in [1.82, 2.24) is 19.5 Å². The molecule has 0 amide bonds. The summed E-state index contributed by atoms with van der Waals surface area (Å²) in [6.07, 6.45) is 1.79. The molecule has 0 saturated heterocycles. The van der Waals surface area contributed by atoms with Crippen LogP contribution in [0.3, 0.4) is 0 Å². The van der Waals surface area contributed by atoms with Crippen LogP contribution in [-0.4, -0.2) is 19.5 Å². The molecule has 0 N–H and O–H groups in total. The molecule has 0 bridgehead atoms. The first-order chi connectivity index (χ1) is 31.7. The summed E-state index contributed by atoms with van der Waals surface area (Å²) in [5, 5.41) is 8.85. The molecule has 0 saturated carbocycles. The second-order valence-electron chi connectivity index (χ2n) is 17.0. The zero-order chi connectivity index (χ0) is 41.9. The summed E-state index contributed by atoms with van der Waals surface area (Å²) in [4.78, 5) is 16.6. The van der Waals surface area contributed by atoms with Gasteiger partial charge in [0, 0.05) is 49.4 Å². The molecule has 0 spiro atoms. The molecule has 6 heteroatoms. The Labute approximate surface area is 366 Å². The topological polar surface area (TPSA) is 69.9 Å². The standard InChI is InChI=1S/C58H36N4O2/c1-2-15-35-31-45-36(30-34(35)14-1)28-29-39(37-16-3-4-17-38(37)45)46-33-54-47(42-20-7-11-25-51(42)64-54)32-48(46)57-59-56(44-22-13-27-53-55(44)43-21-8-12-26-52(43)63-53)60-58(61-57)62-49-23-9-5-18-40(49)41-19-6-10-24-50(41)62/h1-27,30-33,39H,28-29H2. The summed E-state index contributed by atoms with van der Waals surface area (Å²) in [6.45, 7) is 0. The molecule has 9 aromatic carbocycles. The molecule has 1 unspecified atom stereocenters. The first-order valence-electron chi connectivity index (χ1n) is 21.9. The number of rotatable bonds is 4. The third-order valence-corrected chi connectivity index (χ3v) is 13.5. The van der Waals surface area contributed by atoms with Gasteiger partial charge in [-0.1, -0.05) is 140 Å². The Morgan fingerprint density at radius 2 is 1.00 bits per heavy atom. The lowest BCUT2D eigenvalue weighted by Gasteiger charge is -2.22. The minimum atomic E-state index is -0.00234. The number of nitrogens with zero attached hydrogens (tertiary/aromatic N) is 4. The molecule has 4 aromatic heterocycles. The van der Waals surface area contributed by atoms with Crippen LogP contribution in [0.4, 0.5) is 0 Å². The fourth-order valence-corrected chi connectivity index (χ4v) is 10.6. The summed E-state index contributed by atoms with van der Waals surface area (Å²) >= 11 is 0. The Morgan fingerprint density at radius 3 is 1.80 bits per heavy atom. The Morgan fingerprint density at radius 1 is 0.406 bits per heavy atom. The van der Waals surface area contributed by atoms with Gasteiger partial charge in [0.15, 0.2) is 11.6 Å². The lowest BCUT2D eigenvalue weighted by atomic mass is 9.82. The molecule has 0 fully saturated rings. The van der Waals surface area contributed by atoms with E-state index in [1.165, 1.54) is 33.0 Å². The van der Waals surface area contributed by atoms with Crippen molar-refractivity contribution < 1.29 is 8.83 Å². The number of para-hydroxylation sites is 4. The van der Waals surface area contributed by atoms with E-state index in [0.717, 1.165) is 95.2 Å².